The predicted octanol–water partition coefficient (Wildman–Crippen LogP) is 7.40. The van der Waals surface area contributed by atoms with Gasteiger partial charge in [-0.3, -0.25) is 0 Å². The van der Waals surface area contributed by atoms with Crippen molar-refractivity contribution in [1.82, 2.24) is 15.0 Å². The third-order valence-corrected chi connectivity index (χ3v) is 21.8. The zero-order chi connectivity index (χ0) is 21.2. The van der Waals surface area contributed by atoms with E-state index >= 15 is 0 Å². The van der Waals surface area contributed by atoms with E-state index in [4.69, 9.17) is 4.74 Å². The summed E-state index contributed by atoms with van der Waals surface area (Å²) in [4.78, 5) is 0. The quantitative estimate of drug-likeness (QED) is 0.223. The van der Waals surface area contributed by atoms with Gasteiger partial charge >= 0.3 is 186 Å². The van der Waals surface area contributed by atoms with Crippen LogP contribution in [0.1, 0.15) is 63.5 Å². The van der Waals surface area contributed by atoms with E-state index in [9.17, 15) is 0 Å². The Labute approximate surface area is 185 Å². The molecular formula is C25H37N3OSn. The minimum atomic E-state index is -2.82. The molecule has 1 unspecified atom stereocenters. The Morgan fingerprint density at radius 1 is 0.800 bits per heavy atom. The molecular weight excluding hydrogens is 477 g/mol. The molecule has 0 N–H and O–H groups in total. The van der Waals surface area contributed by atoms with Gasteiger partial charge in [-0.05, 0) is 0 Å². The zero-order valence-corrected chi connectivity index (χ0v) is 21.7. The first-order chi connectivity index (χ1) is 14.7. The van der Waals surface area contributed by atoms with Crippen LogP contribution in [0.25, 0.3) is 11.0 Å². The molecule has 5 heteroatoms. The van der Waals surface area contributed by atoms with E-state index in [-0.39, 0.29) is 4.24 Å². The number of hydrogen-bond acceptors (Lipinski definition) is 3. The summed E-state index contributed by atoms with van der Waals surface area (Å²) in [6, 6.07) is 18.7. The average Bonchev–Trinajstić information content (AvgIpc) is 3.22. The molecule has 0 saturated carbocycles. The fraction of sp³-hybridized carbons (Fsp3) is 0.520. The Morgan fingerprint density at radius 2 is 1.37 bits per heavy atom. The molecule has 0 aliphatic carbocycles. The van der Waals surface area contributed by atoms with Gasteiger partial charge in [0.2, 0.25) is 0 Å². The van der Waals surface area contributed by atoms with Crippen molar-refractivity contribution in [2.75, 3.05) is 0 Å². The Bertz CT molecular complexity index is 858. The molecule has 1 aromatic heterocycles. The molecule has 1 atom stereocenters. The number of rotatable bonds is 13. The van der Waals surface area contributed by atoms with Crippen LogP contribution in [-0.2, 0) is 0 Å². The van der Waals surface area contributed by atoms with E-state index in [1.165, 1.54) is 51.8 Å². The Hall–Kier alpha value is -1.56. The number of unbranched alkanes of at least 4 members (excludes halogenated alkanes) is 3. The van der Waals surface area contributed by atoms with Gasteiger partial charge in [-0.1, -0.05) is 0 Å². The molecule has 4 nitrogen and oxygen atoms in total. The van der Waals surface area contributed by atoms with E-state index in [1.54, 1.807) is 0 Å². The SMILES string of the molecule is CCC[CH2][Sn]([CH2]CCC)([CH2]CCC)[CH](Oc1ccccc1)n1nnc2ccccc21. The third-order valence-electron chi connectivity index (χ3n) is 6.20. The molecule has 1 heterocycles. The number of ether oxygens (including phenoxy) is 1. The second-order valence-corrected chi connectivity index (χ2v) is 21.9. The first-order valence-electron chi connectivity index (χ1n) is 11.8. The molecule has 2 aromatic carbocycles. The normalized spacial score (nSPS) is 12.9. The summed E-state index contributed by atoms with van der Waals surface area (Å²) in [5.41, 5.74) is 2.06. The molecule has 0 spiro atoms. The van der Waals surface area contributed by atoms with Gasteiger partial charge in [0.05, 0.1) is 0 Å². The van der Waals surface area contributed by atoms with Gasteiger partial charge in [-0.2, -0.15) is 0 Å². The predicted molar refractivity (Wildman–Crippen MR) is 129 cm³/mol. The summed E-state index contributed by atoms with van der Waals surface area (Å²) in [5, 5.41) is 9.18. The Morgan fingerprint density at radius 3 is 1.97 bits per heavy atom. The van der Waals surface area contributed by atoms with Gasteiger partial charge < -0.3 is 0 Å². The van der Waals surface area contributed by atoms with Crippen LogP contribution >= 0.6 is 0 Å². The Balaban J connectivity index is 2.11. The van der Waals surface area contributed by atoms with Gasteiger partial charge in [0.25, 0.3) is 0 Å². The summed E-state index contributed by atoms with van der Waals surface area (Å²) in [5.74, 6) is 0.952. The van der Waals surface area contributed by atoms with Crippen LogP contribution in [0.3, 0.4) is 0 Å². The fourth-order valence-corrected chi connectivity index (χ4v) is 20.9. The maximum absolute atomic E-state index is 6.88. The fourth-order valence-electron chi connectivity index (χ4n) is 4.45. The molecule has 162 valence electrons. The van der Waals surface area contributed by atoms with Crippen LogP contribution in [0, 0.1) is 0 Å². The summed E-state index contributed by atoms with van der Waals surface area (Å²) in [6.45, 7) is 6.94. The van der Waals surface area contributed by atoms with Crippen molar-refractivity contribution in [1.29, 1.82) is 0 Å². The summed E-state index contributed by atoms with van der Waals surface area (Å²) < 4.78 is 13.1. The monoisotopic (exact) mass is 515 g/mol. The van der Waals surface area contributed by atoms with Crippen molar-refractivity contribution in [2.45, 2.75) is 76.9 Å². The van der Waals surface area contributed by atoms with Crippen molar-refractivity contribution in [3.05, 3.63) is 54.6 Å². The standard InChI is InChI=1S/C13H10N3O.3C4H9.Sn/c1-2-6-11(7-3-1)17-10-16-13-9-5-4-8-12(13)14-15-16;3*1-3-4-2;/h1-10H;3*1,3-4H2,2H3;. The van der Waals surface area contributed by atoms with Gasteiger partial charge in [0.1, 0.15) is 0 Å². The maximum atomic E-state index is 6.88. The third kappa shape index (κ3) is 5.57. The zero-order valence-electron chi connectivity index (χ0n) is 18.9. The number of hydrogen-bond donors (Lipinski definition) is 0. The van der Waals surface area contributed by atoms with Crippen LogP contribution in [-0.4, -0.2) is 33.4 Å². The van der Waals surface area contributed by atoms with E-state index in [0.29, 0.717) is 0 Å². The molecule has 0 amide bonds. The van der Waals surface area contributed by atoms with Crippen LogP contribution < -0.4 is 4.74 Å². The molecule has 3 aromatic rings. The van der Waals surface area contributed by atoms with Gasteiger partial charge in [0.15, 0.2) is 0 Å². The summed E-state index contributed by atoms with van der Waals surface area (Å²) >= 11 is -2.82. The van der Waals surface area contributed by atoms with E-state index in [1.807, 2.05) is 6.07 Å². The van der Waals surface area contributed by atoms with Crippen molar-refractivity contribution in [3.63, 3.8) is 0 Å². The molecule has 0 fully saturated rings. The summed E-state index contributed by atoms with van der Waals surface area (Å²) in [6.07, 6.45) is 7.62. The first-order valence-corrected chi connectivity index (χ1v) is 19.5. The van der Waals surface area contributed by atoms with Crippen LogP contribution in [0.5, 0.6) is 5.75 Å². The number of para-hydroxylation sites is 2. The second-order valence-electron chi connectivity index (χ2n) is 8.48. The molecule has 0 saturated heterocycles. The van der Waals surface area contributed by atoms with E-state index < -0.39 is 18.4 Å². The second kappa shape index (κ2) is 11.7. The first kappa shape index (κ1) is 23.1. The summed E-state index contributed by atoms with van der Waals surface area (Å²) in [7, 11) is 0. The molecule has 0 radical (unpaired) electrons. The van der Waals surface area contributed by atoms with Crippen LogP contribution in [0.4, 0.5) is 0 Å². The minimum absolute atomic E-state index is 0.0405. The molecule has 3 rings (SSSR count). The number of fused-ring (bicyclic) bond motifs is 1. The Kier molecular flexibility index (Phi) is 9.03. The van der Waals surface area contributed by atoms with Crippen molar-refractivity contribution in [2.24, 2.45) is 0 Å². The molecule has 30 heavy (non-hydrogen) atoms. The van der Waals surface area contributed by atoms with Gasteiger partial charge in [-0.25, -0.2) is 0 Å². The van der Waals surface area contributed by atoms with Crippen LogP contribution in [0.15, 0.2) is 54.6 Å². The number of nitrogens with zero attached hydrogens (tertiary/aromatic N) is 3. The number of aromatic nitrogens is 3. The molecule has 0 aliphatic rings. The van der Waals surface area contributed by atoms with Crippen molar-refractivity contribution in [3.8, 4) is 5.75 Å². The van der Waals surface area contributed by atoms with Crippen molar-refractivity contribution >= 4 is 29.4 Å². The van der Waals surface area contributed by atoms with Gasteiger partial charge in [-0.15, -0.1) is 0 Å². The topological polar surface area (TPSA) is 39.9 Å². The van der Waals surface area contributed by atoms with E-state index in [0.717, 1.165) is 16.8 Å². The number of benzene rings is 2. The average molecular weight is 514 g/mol. The van der Waals surface area contributed by atoms with Gasteiger partial charge in [0, 0.05) is 0 Å². The van der Waals surface area contributed by atoms with E-state index in [2.05, 4.69) is 84.3 Å². The molecule has 0 bridgehead atoms. The van der Waals surface area contributed by atoms with Crippen LogP contribution in [0.2, 0.25) is 13.3 Å². The van der Waals surface area contributed by atoms with Crippen molar-refractivity contribution < 1.29 is 4.74 Å². The molecule has 0 aliphatic heterocycles.